The highest BCUT2D eigenvalue weighted by molar-refractivity contribution is 5.78. The van der Waals surface area contributed by atoms with Crippen LogP contribution in [0.4, 0.5) is 4.39 Å². The molecule has 1 amide bonds. The molecule has 0 spiro atoms. The number of hydrogen-bond acceptors (Lipinski definition) is 3. The molecular weight excluding hydrogens is 265 g/mol. The second kappa shape index (κ2) is 6.36. The van der Waals surface area contributed by atoms with Crippen molar-refractivity contribution in [2.24, 2.45) is 5.92 Å². The van der Waals surface area contributed by atoms with Crippen molar-refractivity contribution in [1.82, 2.24) is 4.90 Å². The van der Waals surface area contributed by atoms with Gasteiger partial charge in [0.2, 0.25) is 0 Å². The molecule has 1 fully saturated rings. The summed E-state index contributed by atoms with van der Waals surface area (Å²) in [4.78, 5) is 24.1. The van der Waals surface area contributed by atoms with Gasteiger partial charge in [-0.2, -0.15) is 0 Å². The Morgan fingerprint density at radius 2 is 2.25 bits per heavy atom. The lowest BCUT2D eigenvalue weighted by atomic mass is 10.1. The molecule has 1 aromatic carbocycles. The van der Waals surface area contributed by atoms with Gasteiger partial charge in [-0.25, -0.2) is 4.39 Å². The molecule has 1 aromatic rings. The van der Waals surface area contributed by atoms with Crippen LogP contribution in [0.25, 0.3) is 0 Å². The van der Waals surface area contributed by atoms with Gasteiger partial charge in [0.15, 0.2) is 6.61 Å². The van der Waals surface area contributed by atoms with Crippen molar-refractivity contribution < 1.29 is 23.8 Å². The maximum absolute atomic E-state index is 12.9. The molecule has 0 aromatic heterocycles. The van der Waals surface area contributed by atoms with Crippen molar-refractivity contribution in [1.29, 1.82) is 0 Å². The molecule has 0 saturated carbocycles. The number of carboxylic acids is 1. The third-order valence-electron chi connectivity index (χ3n) is 3.26. The number of nitrogens with zero attached hydrogens (tertiary/aromatic N) is 1. The zero-order valence-corrected chi connectivity index (χ0v) is 10.9. The van der Waals surface area contributed by atoms with Gasteiger partial charge in [-0.1, -0.05) is 6.07 Å². The Morgan fingerprint density at radius 1 is 1.45 bits per heavy atom. The van der Waals surface area contributed by atoms with Crippen molar-refractivity contribution in [2.45, 2.75) is 12.8 Å². The van der Waals surface area contributed by atoms with Gasteiger partial charge in [0, 0.05) is 25.6 Å². The van der Waals surface area contributed by atoms with Crippen LogP contribution >= 0.6 is 0 Å². The summed E-state index contributed by atoms with van der Waals surface area (Å²) in [5.41, 5.74) is 0. The zero-order chi connectivity index (χ0) is 14.5. The predicted molar refractivity (Wildman–Crippen MR) is 68.8 cm³/mol. The smallest absolute Gasteiger partial charge is 0.303 e. The van der Waals surface area contributed by atoms with Crippen molar-refractivity contribution in [3.8, 4) is 5.75 Å². The molecule has 20 heavy (non-hydrogen) atoms. The fourth-order valence-corrected chi connectivity index (χ4v) is 2.27. The summed E-state index contributed by atoms with van der Waals surface area (Å²) >= 11 is 0. The van der Waals surface area contributed by atoms with E-state index in [1.54, 1.807) is 11.0 Å². The van der Waals surface area contributed by atoms with Crippen LogP contribution < -0.4 is 4.74 Å². The molecule has 1 unspecified atom stereocenters. The van der Waals surface area contributed by atoms with Gasteiger partial charge in [0.05, 0.1) is 0 Å². The third kappa shape index (κ3) is 3.94. The molecule has 1 atom stereocenters. The molecule has 108 valence electrons. The van der Waals surface area contributed by atoms with E-state index in [1.165, 1.54) is 18.2 Å². The molecule has 5 nitrogen and oxygen atoms in total. The maximum atomic E-state index is 12.9. The molecule has 1 aliphatic heterocycles. The van der Waals surface area contributed by atoms with Crippen LogP contribution in [0.1, 0.15) is 12.8 Å². The summed E-state index contributed by atoms with van der Waals surface area (Å²) in [6, 6.07) is 5.59. The summed E-state index contributed by atoms with van der Waals surface area (Å²) in [7, 11) is 0. The molecule has 0 radical (unpaired) electrons. The fourth-order valence-electron chi connectivity index (χ4n) is 2.27. The Bertz CT molecular complexity index is 506. The largest absolute Gasteiger partial charge is 0.484 e. The molecule has 2 rings (SSSR count). The number of likely N-dealkylation sites (tertiary alicyclic amines) is 1. The minimum absolute atomic E-state index is 0.00520. The highest BCUT2D eigenvalue weighted by atomic mass is 19.1. The summed E-state index contributed by atoms with van der Waals surface area (Å²) < 4.78 is 18.2. The van der Waals surface area contributed by atoms with Crippen molar-refractivity contribution in [2.75, 3.05) is 19.7 Å². The molecule has 6 heteroatoms. The molecule has 0 bridgehead atoms. The lowest BCUT2D eigenvalue weighted by molar-refractivity contribution is -0.138. The number of benzene rings is 1. The van der Waals surface area contributed by atoms with Gasteiger partial charge in [-0.3, -0.25) is 9.59 Å². The highest BCUT2D eigenvalue weighted by Gasteiger charge is 2.27. The van der Waals surface area contributed by atoms with E-state index in [4.69, 9.17) is 9.84 Å². The highest BCUT2D eigenvalue weighted by Crippen LogP contribution is 2.20. The van der Waals surface area contributed by atoms with Crippen LogP contribution in [0.2, 0.25) is 0 Å². The number of hydrogen-bond donors (Lipinski definition) is 1. The predicted octanol–water partition coefficient (Wildman–Crippen LogP) is 1.53. The monoisotopic (exact) mass is 281 g/mol. The lowest BCUT2D eigenvalue weighted by Crippen LogP contribution is -2.33. The number of carbonyl (C=O) groups excluding carboxylic acids is 1. The first-order valence-electron chi connectivity index (χ1n) is 6.42. The second-order valence-electron chi connectivity index (χ2n) is 4.84. The Morgan fingerprint density at radius 3 is 2.95 bits per heavy atom. The van der Waals surface area contributed by atoms with Crippen molar-refractivity contribution >= 4 is 11.9 Å². The Kier molecular flexibility index (Phi) is 4.55. The van der Waals surface area contributed by atoms with E-state index in [0.717, 1.165) is 0 Å². The van der Waals surface area contributed by atoms with E-state index in [0.29, 0.717) is 25.3 Å². The van der Waals surface area contributed by atoms with Gasteiger partial charge in [-0.15, -0.1) is 0 Å². The van der Waals surface area contributed by atoms with Crippen LogP contribution in [0, 0.1) is 11.7 Å². The number of ether oxygens (including phenoxy) is 1. The van der Waals surface area contributed by atoms with Gasteiger partial charge < -0.3 is 14.7 Å². The van der Waals surface area contributed by atoms with E-state index < -0.39 is 11.8 Å². The average Bonchev–Trinajstić information content (AvgIpc) is 2.84. The molecule has 1 heterocycles. The van der Waals surface area contributed by atoms with Crippen molar-refractivity contribution in [3.63, 3.8) is 0 Å². The topological polar surface area (TPSA) is 66.8 Å². The van der Waals surface area contributed by atoms with E-state index in [9.17, 15) is 14.0 Å². The van der Waals surface area contributed by atoms with E-state index in [-0.39, 0.29) is 24.9 Å². The normalized spacial score (nSPS) is 18.1. The first kappa shape index (κ1) is 14.3. The van der Waals surface area contributed by atoms with Gasteiger partial charge in [-0.05, 0) is 24.5 Å². The standard InChI is InChI=1S/C14H16FNO4/c15-11-2-1-3-12(7-11)20-9-13(17)16-5-4-10(8-16)6-14(18)19/h1-3,7,10H,4-6,8-9H2,(H,18,19). The van der Waals surface area contributed by atoms with E-state index in [1.807, 2.05) is 0 Å². The number of carbonyl (C=O) groups is 2. The molecule has 0 aliphatic carbocycles. The third-order valence-corrected chi connectivity index (χ3v) is 3.26. The summed E-state index contributed by atoms with van der Waals surface area (Å²) in [5.74, 6) is -1.16. The van der Waals surface area contributed by atoms with E-state index >= 15 is 0 Å². The number of carboxylic acid groups (broad SMARTS) is 1. The summed E-state index contributed by atoms with van der Waals surface area (Å²) in [6.07, 6.45) is 0.770. The number of amides is 1. The van der Waals surface area contributed by atoms with Crippen LogP contribution in [-0.4, -0.2) is 41.6 Å². The number of halogens is 1. The van der Waals surface area contributed by atoms with Gasteiger partial charge in [0.1, 0.15) is 11.6 Å². The first-order valence-corrected chi connectivity index (χ1v) is 6.42. The van der Waals surface area contributed by atoms with Crippen LogP contribution in [-0.2, 0) is 9.59 Å². The fraction of sp³-hybridized carbons (Fsp3) is 0.429. The minimum atomic E-state index is -0.847. The zero-order valence-electron chi connectivity index (χ0n) is 10.9. The molecular formula is C14H16FNO4. The lowest BCUT2D eigenvalue weighted by Gasteiger charge is -2.16. The molecule has 1 N–H and O–H groups in total. The molecule has 1 saturated heterocycles. The summed E-state index contributed by atoms with van der Waals surface area (Å²) in [6.45, 7) is 0.824. The van der Waals surface area contributed by atoms with Gasteiger partial charge >= 0.3 is 5.97 Å². The SMILES string of the molecule is O=C(O)CC1CCN(C(=O)COc2cccc(F)c2)C1. The van der Waals surface area contributed by atoms with Crippen LogP contribution in [0.15, 0.2) is 24.3 Å². The maximum Gasteiger partial charge on any atom is 0.303 e. The quantitative estimate of drug-likeness (QED) is 0.888. The Labute approximate surface area is 116 Å². The summed E-state index contributed by atoms with van der Waals surface area (Å²) in [5, 5.41) is 8.71. The molecule has 1 aliphatic rings. The number of rotatable bonds is 5. The van der Waals surface area contributed by atoms with E-state index in [2.05, 4.69) is 0 Å². The number of aliphatic carboxylic acids is 1. The second-order valence-corrected chi connectivity index (χ2v) is 4.84. The minimum Gasteiger partial charge on any atom is -0.484 e. The first-order chi connectivity index (χ1) is 9.54. The van der Waals surface area contributed by atoms with Crippen LogP contribution in [0.5, 0.6) is 5.75 Å². The van der Waals surface area contributed by atoms with Gasteiger partial charge in [0.25, 0.3) is 5.91 Å². The van der Waals surface area contributed by atoms with Crippen molar-refractivity contribution in [3.05, 3.63) is 30.1 Å². The van der Waals surface area contributed by atoms with Crippen LogP contribution in [0.3, 0.4) is 0 Å². The Hall–Kier alpha value is -2.11. The Balaban J connectivity index is 1.80. The average molecular weight is 281 g/mol.